The van der Waals surface area contributed by atoms with Crippen molar-refractivity contribution in [2.45, 2.75) is 33.6 Å². The number of rotatable bonds is 5. The summed E-state index contributed by atoms with van der Waals surface area (Å²) in [5, 5.41) is 0. The summed E-state index contributed by atoms with van der Waals surface area (Å²) in [4.78, 5) is 10.5. The molecule has 0 fully saturated rings. The molecule has 2 aromatic rings. The van der Waals surface area contributed by atoms with Gasteiger partial charge in [0.15, 0.2) is 0 Å². The van der Waals surface area contributed by atoms with Crippen molar-refractivity contribution in [2.75, 3.05) is 11.9 Å². The number of nitrogens with zero attached hydrogens (tertiary/aromatic N) is 3. The van der Waals surface area contributed by atoms with Crippen LogP contribution in [-0.4, -0.2) is 23.4 Å². The van der Waals surface area contributed by atoms with E-state index in [4.69, 9.17) is 0 Å². The van der Waals surface area contributed by atoms with Crippen molar-refractivity contribution in [3.05, 3.63) is 47.9 Å². The lowest BCUT2D eigenvalue weighted by atomic mass is 10.1. The van der Waals surface area contributed by atoms with Gasteiger partial charge >= 0.3 is 6.36 Å². The van der Waals surface area contributed by atoms with Gasteiger partial charge in [-0.2, -0.15) is 0 Å². The highest BCUT2D eigenvalue weighted by Gasteiger charge is 2.31. The summed E-state index contributed by atoms with van der Waals surface area (Å²) >= 11 is 0. The van der Waals surface area contributed by atoms with Crippen LogP contribution in [0.3, 0.4) is 0 Å². The second kappa shape index (κ2) is 7.55. The summed E-state index contributed by atoms with van der Waals surface area (Å²) < 4.78 is 40.6. The third-order valence-corrected chi connectivity index (χ3v) is 3.72. The van der Waals surface area contributed by atoms with Crippen molar-refractivity contribution in [2.24, 2.45) is 0 Å². The standard InChI is InChI=1S/C18H20F3N3O/c1-5-12(2)10-24(4)17-13(3)16(22-11-23-17)14-6-8-15(9-7-14)25-18(19,20)21/h6-11H,5H2,1-4H3/b12-10+. The van der Waals surface area contributed by atoms with Crippen LogP contribution in [0.25, 0.3) is 11.3 Å². The molecule has 7 heteroatoms. The van der Waals surface area contributed by atoms with E-state index in [1.807, 2.05) is 32.0 Å². The molecule has 0 aliphatic heterocycles. The van der Waals surface area contributed by atoms with Gasteiger partial charge in [0.25, 0.3) is 0 Å². The van der Waals surface area contributed by atoms with E-state index in [9.17, 15) is 13.2 Å². The fraction of sp³-hybridized carbons (Fsp3) is 0.333. The SMILES string of the molecule is CC/C(C)=C/N(C)c1ncnc(-c2ccc(OC(F)(F)F)cc2)c1C. The number of benzene rings is 1. The Morgan fingerprint density at radius 1 is 1.20 bits per heavy atom. The number of hydrogen-bond donors (Lipinski definition) is 0. The Bertz CT molecular complexity index is 755. The molecule has 0 saturated heterocycles. The predicted molar refractivity (Wildman–Crippen MR) is 91.3 cm³/mol. The summed E-state index contributed by atoms with van der Waals surface area (Å²) in [5.41, 5.74) is 3.41. The third-order valence-electron chi connectivity index (χ3n) is 3.72. The quantitative estimate of drug-likeness (QED) is 0.751. The van der Waals surface area contributed by atoms with Crippen molar-refractivity contribution in [1.82, 2.24) is 9.97 Å². The molecule has 25 heavy (non-hydrogen) atoms. The van der Waals surface area contributed by atoms with Crippen LogP contribution in [0.1, 0.15) is 25.8 Å². The second-order valence-electron chi connectivity index (χ2n) is 5.68. The predicted octanol–water partition coefficient (Wildman–Crippen LogP) is 5.10. The van der Waals surface area contributed by atoms with Gasteiger partial charge in [-0.15, -0.1) is 13.2 Å². The van der Waals surface area contributed by atoms with Crippen LogP contribution in [0, 0.1) is 6.92 Å². The van der Waals surface area contributed by atoms with Gasteiger partial charge < -0.3 is 9.64 Å². The first-order valence-corrected chi connectivity index (χ1v) is 7.79. The first kappa shape index (κ1) is 18.8. The highest BCUT2D eigenvalue weighted by molar-refractivity contribution is 5.69. The molecule has 0 saturated carbocycles. The molecular weight excluding hydrogens is 331 g/mol. The van der Waals surface area contributed by atoms with Gasteiger partial charge in [0.05, 0.1) is 5.69 Å². The Hall–Kier alpha value is -2.57. The molecule has 0 unspecified atom stereocenters. The molecular formula is C18H20F3N3O. The molecule has 1 heterocycles. The molecule has 1 aromatic carbocycles. The van der Waals surface area contributed by atoms with E-state index < -0.39 is 6.36 Å². The number of allylic oxidation sites excluding steroid dienone is 1. The monoisotopic (exact) mass is 351 g/mol. The average Bonchev–Trinajstić information content (AvgIpc) is 2.54. The van der Waals surface area contributed by atoms with Crippen LogP contribution < -0.4 is 9.64 Å². The molecule has 0 aliphatic rings. The summed E-state index contributed by atoms with van der Waals surface area (Å²) in [5.74, 6) is 0.482. The lowest BCUT2D eigenvalue weighted by Gasteiger charge is -2.18. The Kier molecular flexibility index (Phi) is 5.66. The number of hydrogen-bond acceptors (Lipinski definition) is 4. The van der Waals surface area contributed by atoms with Crippen LogP contribution in [0.2, 0.25) is 0 Å². The van der Waals surface area contributed by atoms with Crippen molar-refractivity contribution in [1.29, 1.82) is 0 Å². The van der Waals surface area contributed by atoms with E-state index in [2.05, 4.69) is 21.6 Å². The third kappa shape index (κ3) is 4.95. The van der Waals surface area contributed by atoms with E-state index in [1.54, 1.807) is 12.1 Å². The molecule has 2 rings (SSSR count). The minimum Gasteiger partial charge on any atom is -0.406 e. The Morgan fingerprint density at radius 3 is 2.40 bits per heavy atom. The van der Waals surface area contributed by atoms with Gasteiger partial charge in [0.2, 0.25) is 0 Å². The molecule has 0 atom stereocenters. The fourth-order valence-corrected chi connectivity index (χ4v) is 2.38. The number of halogens is 3. The molecule has 4 nitrogen and oxygen atoms in total. The van der Waals surface area contributed by atoms with E-state index in [0.29, 0.717) is 11.3 Å². The number of anilines is 1. The van der Waals surface area contributed by atoms with Crippen LogP contribution in [0.15, 0.2) is 42.4 Å². The smallest absolute Gasteiger partial charge is 0.406 e. The second-order valence-corrected chi connectivity index (χ2v) is 5.68. The summed E-state index contributed by atoms with van der Waals surface area (Å²) in [7, 11) is 1.90. The Labute approximate surface area is 145 Å². The summed E-state index contributed by atoms with van der Waals surface area (Å²) in [6.07, 6.45) is -0.323. The van der Waals surface area contributed by atoms with Gasteiger partial charge in [0, 0.05) is 24.4 Å². The minimum atomic E-state index is -4.70. The largest absolute Gasteiger partial charge is 0.573 e. The molecule has 0 spiro atoms. The lowest BCUT2D eigenvalue weighted by molar-refractivity contribution is -0.274. The van der Waals surface area contributed by atoms with Crippen molar-refractivity contribution < 1.29 is 17.9 Å². The van der Waals surface area contributed by atoms with Gasteiger partial charge in [-0.05, 0) is 44.5 Å². The fourth-order valence-electron chi connectivity index (χ4n) is 2.38. The topological polar surface area (TPSA) is 38.2 Å². The maximum Gasteiger partial charge on any atom is 0.573 e. The maximum atomic E-state index is 12.3. The minimum absolute atomic E-state index is 0.262. The number of aromatic nitrogens is 2. The molecule has 1 aromatic heterocycles. The molecule has 0 amide bonds. The van der Waals surface area contributed by atoms with E-state index >= 15 is 0 Å². The van der Waals surface area contributed by atoms with Crippen molar-refractivity contribution in [3.8, 4) is 17.0 Å². The zero-order chi connectivity index (χ0) is 18.6. The van der Waals surface area contributed by atoms with Crippen LogP contribution in [0.4, 0.5) is 19.0 Å². The molecule has 0 radical (unpaired) electrons. The van der Waals surface area contributed by atoms with Gasteiger partial charge in [-0.1, -0.05) is 12.5 Å². The van der Waals surface area contributed by atoms with Crippen LogP contribution >= 0.6 is 0 Å². The first-order chi connectivity index (χ1) is 11.7. The van der Waals surface area contributed by atoms with Gasteiger partial charge in [-0.3, -0.25) is 0 Å². The zero-order valence-electron chi connectivity index (χ0n) is 14.6. The zero-order valence-corrected chi connectivity index (χ0v) is 14.6. The number of ether oxygens (including phenoxy) is 1. The van der Waals surface area contributed by atoms with Gasteiger partial charge in [-0.25, -0.2) is 9.97 Å². The Morgan fingerprint density at radius 2 is 1.84 bits per heavy atom. The summed E-state index contributed by atoms with van der Waals surface area (Å²) in [6.45, 7) is 5.99. The Balaban J connectivity index is 2.33. The average molecular weight is 351 g/mol. The normalized spacial score (nSPS) is 12.2. The van der Waals surface area contributed by atoms with Gasteiger partial charge in [0.1, 0.15) is 17.9 Å². The highest BCUT2D eigenvalue weighted by atomic mass is 19.4. The van der Waals surface area contributed by atoms with E-state index in [0.717, 1.165) is 17.8 Å². The van der Waals surface area contributed by atoms with Crippen LogP contribution in [0.5, 0.6) is 5.75 Å². The van der Waals surface area contributed by atoms with Crippen LogP contribution in [-0.2, 0) is 0 Å². The molecule has 0 N–H and O–H groups in total. The molecule has 0 bridgehead atoms. The van der Waals surface area contributed by atoms with Crippen molar-refractivity contribution in [3.63, 3.8) is 0 Å². The maximum absolute atomic E-state index is 12.3. The van der Waals surface area contributed by atoms with E-state index in [1.165, 1.54) is 24.0 Å². The van der Waals surface area contributed by atoms with Crippen molar-refractivity contribution >= 4 is 5.82 Å². The van der Waals surface area contributed by atoms with E-state index in [-0.39, 0.29) is 5.75 Å². The summed E-state index contributed by atoms with van der Waals surface area (Å²) in [6, 6.07) is 5.64. The molecule has 0 aliphatic carbocycles. The lowest BCUT2D eigenvalue weighted by Crippen LogP contribution is -2.17. The molecule has 134 valence electrons. The first-order valence-electron chi connectivity index (χ1n) is 7.79. The number of alkyl halides is 3. The highest BCUT2D eigenvalue weighted by Crippen LogP contribution is 2.29.